The van der Waals surface area contributed by atoms with E-state index in [0.717, 1.165) is 18.4 Å². The fourth-order valence-corrected chi connectivity index (χ4v) is 0.421. The Balaban J connectivity index is 0. The Kier molecular flexibility index (Phi) is 10.1. The highest BCUT2D eigenvalue weighted by atomic mass is 16.6. The quantitative estimate of drug-likeness (QED) is 0.282. The molecule has 1 aliphatic rings. The molecule has 1 aliphatic heterocycles. The van der Waals surface area contributed by atoms with E-state index in [1.165, 1.54) is 6.92 Å². The van der Waals surface area contributed by atoms with Crippen LogP contribution in [0, 0.1) is 0 Å². The first-order valence-corrected chi connectivity index (χ1v) is 3.78. The maximum atomic E-state index is 9.92. The molecule has 1 heterocycles. The van der Waals surface area contributed by atoms with Gasteiger partial charge in [0.1, 0.15) is 0 Å². The van der Waals surface area contributed by atoms with Crippen molar-refractivity contribution < 1.29 is 23.9 Å². The summed E-state index contributed by atoms with van der Waals surface area (Å²) in [5.41, 5.74) is 0. The van der Waals surface area contributed by atoms with Crippen LogP contribution in [0.2, 0.25) is 0 Å². The normalized spacial score (nSPS) is 11.3. The summed E-state index contributed by atoms with van der Waals surface area (Å²) in [5, 5.41) is 0. The summed E-state index contributed by atoms with van der Waals surface area (Å²) >= 11 is 0. The van der Waals surface area contributed by atoms with Gasteiger partial charge in [-0.05, 0) is 0 Å². The zero-order chi connectivity index (χ0) is 12.3. The van der Waals surface area contributed by atoms with Crippen molar-refractivity contribution in [3.8, 4) is 0 Å². The van der Waals surface area contributed by atoms with E-state index in [1.807, 2.05) is 0 Å². The molecule has 5 heteroatoms. The summed E-state index contributed by atoms with van der Waals surface area (Å²) in [7, 11) is 0. The molecule has 0 aromatic heterocycles. The highest BCUT2D eigenvalue weighted by Crippen LogP contribution is 1.92. The van der Waals surface area contributed by atoms with Crippen molar-refractivity contribution in [1.29, 1.82) is 0 Å². The molecule has 0 saturated heterocycles. The van der Waals surface area contributed by atoms with Gasteiger partial charge >= 0.3 is 17.9 Å². The second-order valence-electron chi connectivity index (χ2n) is 1.85. The Hall–Kier alpha value is -2.17. The van der Waals surface area contributed by atoms with Crippen molar-refractivity contribution in [2.75, 3.05) is 0 Å². The lowest BCUT2D eigenvalue weighted by atomic mass is 10.6. The Morgan fingerprint density at radius 1 is 1.33 bits per heavy atom. The summed E-state index contributed by atoms with van der Waals surface area (Å²) in [5.74, 6) is -1.49. The molecule has 0 saturated carbocycles. The summed E-state index contributed by atoms with van der Waals surface area (Å²) in [6, 6.07) is 0. The molecule has 0 aromatic carbocycles. The SMILES string of the molecule is C=C.C=COC(C)=O.O=C1C=CC(=O)O1. The molecule has 0 amide bonds. The van der Waals surface area contributed by atoms with Gasteiger partial charge < -0.3 is 9.47 Å². The number of hydrogen-bond donors (Lipinski definition) is 0. The maximum Gasteiger partial charge on any atom is 0.338 e. The molecule has 15 heavy (non-hydrogen) atoms. The highest BCUT2D eigenvalue weighted by Gasteiger charge is 2.10. The lowest BCUT2D eigenvalue weighted by Gasteiger charge is -1.83. The van der Waals surface area contributed by atoms with Gasteiger partial charge in [0.2, 0.25) is 0 Å². The predicted molar refractivity (Wildman–Crippen MR) is 53.5 cm³/mol. The van der Waals surface area contributed by atoms with E-state index in [1.54, 1.807) is 0 Å². The van der Waals surface area contributed by atoms with Crippen LogP contribution < -0.4 is 0 Å². The second kappa shape index (κ2) is 9.91. The minimum absolute atomic E-state index is 0.329. The third kappa shape index (κ3) is 11.8. The second-order valence-corrected chi connectivity index (χ2v) is 1.85. The molecular weight excluding hydrogens is 200 g/mol. The standard InChI is InChI=1S/C4H2O3.C4H6O2.C2H4/c5-3-1-2-4(6)7-3;1-3-6-4(2)5;1-2/h1-2H;3H,1H2,2H3;1-2H2. The van der Waals surface area contributed by atoms with Gasteiger partial charge in [-0.15, -0.1) is 13.2 Å². The molecule has 1 rings (SSSR count). The largest absolute Gasteiger partial charge is 0.435 e. The van der Waals surface area contributed by atoms with Crippen LogP contribution >= 0.6 is 0 Å². The smallest absolute Gasteiger partial charge is 0.338 e. The molecule has 0 N–H and O–H groups in total. The van der Waals surface area contributed by atoms with Crippen molar-refractivity contribution in [3.63, 3.8) is 0 Å². The molecule has 0 unspecified atom stereocenters. The number of ether oxygens (including phenoxy) is 2. The monoisotopic (exact) mass is 212 g/mol. The van der Waals surface area contributed by atoms with E-state index < -0.39 is 11.9 Å². The molecule has 0 aliphatic carbocycles. The van der Waals surface area contributed by atoms with Crippen molar-refractivity contribution in [3.05, 3.63) is 38.2 Å². The zero-order valence-corrected chi connectivity index (χ0v) is 8.39. The van der Waals surface area contributed by atoms with Gasteiger partial charge in [-0.25, -0.2) is 9.59 Å². The first-order chi connectivity index (χ1) is 7.06. The average molecular weight is 212 g/mol. The van der Waals surface area contributed by atoms with Crippen LogP contribution in [0.25, 0.3) is 0 Å². The topological polar surface area (TPSA) is 69.7 Å². The molecule has 0 bridgehead atoms. The van der Waals surface area contributed by atoms with E-state index in [-0.39, 0.29) is 5.97 Å². The fourth-order valence-electron chi connectivity index (χ4n) is 0.421. The molecule has 0 spiro atoms. The lowest BCUT2D eigenvalue weighted by Crippen LogP contribution is -1.96. The Morgan fingerprint density at radius 2 is 1.73 bits per heavy atom. The Labute approximate surface area is 87.7 Å². The number of carbonyl (C=O) groups is 3. The van der Waals surface area contributed by atoms with Crippen LogP contribution in [-0.2, 0) is 23.9 Å². The molecule has 0 radical (unpaired) electrons. The summed E-state index contributed by atoms with van der Waals surface area (Å²) in [6.45, 7) is 10.5. The Morgan fingerprint density at radius 3 is 1.80 bits per heavy atom. The highest BCUT2D eigenvalue weighted by molar-refractivity contribution is 6.04. The number of hydrogen-bond acceptors (Lipinski definition) is 5. The van der Waals surface area contributed by atoms with Crippen LogP contribution in [0.3, 0.4) is 0 Å². The third-order valence-electron chi connectivity index (χ3n) is 0.806. The average Bonchev–Trinajstić information content (AvgIpc) is 2.54. The van der Waals surface area contributed by atoms with Gasteiger partial charge in [-0.2, -0.15) is 0 Å². The molecule has 5 nitrogen and oxygen atoms in total. The zero-order valence-electron chi connectivity index (χ0n) is 8.39. The van der Waals surface area contributed by atoms with Crippen LogP contribution in [0.15, 0.2) is 38.2 Å². The first-order valence-electron chi connectivity index (χ1n) is 3.78. The molecule has 82 valence electrons. The van der Waals surface area contributed by atoms with E-state index in [0.29, 0.717) is 0 Å². The maximum absolute atomic E-state index is 9.92. The van der Waals surface area contributed by atoms with Gasteiger partial charge in [-0.1, -0.05) is 6.58 Å². The van der Waals surface area contributed by atoms with E-state index >= 15 is 0 Å². The molecular formula is C10H12O5. The lowest BCUT2D eigenvalue weighted by molar-refractivity contribution is -0.150. The number of carbonyl (C=O) groups excluding carboxylic acids is 3. The van der Waals surface area contributed by atoms with Crippen LogP contribution in [0.5, 0.6) is 0 Å². The van der Waals surface area contributed by atoms with Crippen molar-refractivity contribution in [2.45, 2.75) is 6.92 Å². The van der Waals surface area contributed by atoms with Gasteiger partial charge in [0.15, 0.2) is 0 Å². The Bertz CT molecular complexity index is 262. The van der Waals surface area contributed by atoms with Crippen LogP contribution in [-0.4, -0.2) is 17.9 Å². The van der Waals surface area contributed by atoms with Gasteiger partial charge in [0.05, 0.1) is 6.26 Å². The van der Waals surface area contributed by atoms with Crippen LogP contribution in [0.1, 0.15) is 6.92 Å². The third-order valence-corrected chi connectivity index (χ3v) is 0.806. The predicted octanol–water partition coefficient (Wildman–Crippen LogP) is 1.12. The van der Waals surface area contributed by atoms with Crippen molar-refractivity contribution >= 4 is 17.9 Å². The van der Waals surface area contributed by atoms with Gasteiger partial charge in [-0.3, -0.25) is 4.79 Å². The van der Waals surface area contributed by atoms with Gasteiger partial charge in [0, 0.05) is 19.1 Å². The number of rotatable bonds is 1. The summed E-state index contributed by atoms with van der Waals surface area (Å²) in [6.07, 6.45) is 3.27. The van der Waals surface area contributed by atoms with Crippen molar-refractivity contribution in [1.82, 2.24) is 0 Å². The van der Waals surface area contributed by atoms with Gasteiger partial charge in [0.25, 0.3) is 0 Å². The fraction of sp³-hybridized carbons (Fsp3) is 0.100. The molecule has 0 aromatic rings. The van der Waals surface area contributed by atoms with Crippen LogP contribution in [0.4, 0.5) is 0 Å². The number of cyclic esters (lactones) is 2. The first kappa shape index (κ1) is 15.3. The molecule has 0 fully saturated rings. The minimum atomic E-state index is -0.579. The number of esters is 3. The summed E-state index contributed by atoms with van der Waals surface area (Å²) in [4.78, 5) is 29.6. The molecule has 0 atom stereocenters. The van der Waals surface area contributed by atoms with E-state index in [2.05, 4.69) is 29.2 Å². The van der Waals surface area contributed by atoms with E-state index in [9.17, 15) is 14.4 Å². The summed E-state index contributed by atoms with van der Waals surface area (Å²) < 4.78 is 8.14. The van der Waals surface area contributed by atoms with E-state index in [4.69, 9.17) is 0 Å². The minimum Gasteiger partial charge on any atom is -0.435 e. The van der Waals surface area contributed by atoms with Crippen molar-refractivity contribution in [2.24, 2.45) is 0 Å².